The van der Waals surface area contributed by atoms with Crippen LogP contribution in [0, 0.1) is 29.1 Å². The van der Waals surface area contributed by atoms with E-state index in [4.69, 9.17) is 0 Å². The summed E-state index contributed by atoms with van der Waals surface area (Å²) in [6.07, 6.45) is -0.0283. The average molecular weight is 380 g/mol. The molecule has 0 aliphatic carbocycles. The molecule has 1 atom stereocenters. The van der Waals surface area contributed by atoms with Crippen molar-refractivity contribution in [2.24, 2.45) is 0 Å². The molecule has 1 heterocycles. The number of hydrogen-bond acceptors (Lipinski definition) is 4. The standard InChI is InChI=1S/C16H17F5N2O3/c1-7(2)23(6-9(24)8-4-3-5-22-8)16(25)26-15-13(20)11(18)10(17)12(19)14(15)21/h7-8,22H,3-6H2,1-2H3/t8-/m0/s1. The van der Waals surface area contributed by atoms with Crippen molar-refractivity contribution >= 4 is 11.9 Å². The molecule has 144 valence electrons. The molecule has 1 fully saturated rings. The maximum absolute atomic E-state index is 13.6. The number of carbonyl (C=O) groups excluding carboxylic acids is 2. The van der Waals surface area contributed by atoms with Gasteiger partial charge in [-0.05, 0) is 33.2 Å². The summed E-state index contributed by atoms with van der Waals surface area (Å²) >= 11 is 0. The van der Waals surface area contributed by atoms with Crippen molar-refractivity contribution < 1.29 is 36.3 Å². The van der Waals surface area contributed by atoms with Crippen molar-refractivity contribution in [2.45, 2.75) is 38.8 Å². The maximum Gasteiger partial charge on any atom is 0.416 e. The number of amides is 1. The lowest BCUT2D eigenvalue weighted by Gasteiger charge is -2.26. The molecule has 2 rings (SSSR count). The quantitative estimate of drug-likeness (QED) is 0.485. The molecule has 5 nitrogen and oxygen atoms in total. The molecule has 1 aliphatic rings. The Morgan fingerprint density at radius 3 is 2.08 bits per heavy atom. The van der Waals surface area contributed by atoms with Crippen molar-refractivity contribution in [2.75, 3.05) is 13.1 Å². The summed E-state index contributed by atoms with van der Waals surface area (Å²) in [4.78, 5) is 25.2. The first-order chi connectivity index (χ1) is 12.1. The monoisotopic (exact) mass is 380 g/mol. The summed E-state index contributed by atoms with van der Waals surface area (Å²) in [5, 5.41) is 2.94. The van der Waals surface area contributed by atoms with E-state index in [-0.39, 0.29) is 5.78 Å². The van der Waals surface area contributed by atoms with Gasteiger partial charge in [-0.15, -0.1) is 0 Å². The van der Waals surface area contributed by atoms with Gasteiger partial charge >= 0.3 is 6.09 Å². The number of benzene rings is 1. The average Bonchev–Trinajstić information content (AvgIpc) is 3.14. The summed E-state index contributed by atoms with van der Waals surface area (Å²) in [6.45, 7) is 3.24. The van der Waals surface area contributed by atoms with Gasteiger partial charge in [-0.3, -0.25) is 9.69 Å². The van der Waals surface area contributed by atoms with Gasteiger partial charge in [0.25, 0.3) is 0 Å². The van der Waals surface area contributed by atoms with E-state index in [2.05, 4.69) is 10.1 Å². The van der Waals surface area contributed by atoms with E-state index >= 15 is 0 Å². The SMILES string of the molecule is CC(C)N(CC(=O)[C@@H]1CCCN1)C(=O)Oc1c(F)c(F)c(F)c(F)c1F. The number of Topliss-reactive ketones (excluding diaryl/α,β-unsaturated/α-hetero) is 1. The largest absolute Gasteiger partial charge is 0.416 e. The molecule has 1 amide bonds. The summed E-state index contributed by atoms with van der Waals surface area (Å²) in [5.41, 5.74) is 0. The first-order valence-electron chi connectivity index (χ1n) is 7.91. The lowest BCUT2D eigenvalue weighted by atomic mass is 10.1. The Bertz CT molecular complexity index is 691. The highest BCUT2D eigenvalue weighted by molar-refractivity contribution is 5.89. The van der Waals surface area contributed by atoms with Crippen molar-refractivity contribution in [1.82, 2.24) is 10.2 Å². The minimum atomic E-state index is -2.36. The van der Waals surface area contributed by atoms with Crippen molar-refractivity contribution in [1.29, 1.82) is 0 Å². The first-order valence-corrected chi connectivity index (χ1v) is 7.91. The van der Waals surface area contributed by atoms with E-state index in [1.807, 2.05) is 0 Å². The van der Waals surface area contributed by atoms with E-state index in [0.717, 1.165) is 11.3 Å². The Kier molecular flexibility index (Phi) is 6.17. The fourth-order valence-electron chi connectivity index (χ4n) is 2.52. The van der Waals surface area contributed by atoms with Crippen molar-refractivity contribution in [3.05, 3.63) is 29.1 Å². The van der Waals surface area contributed by atoms with Crippen LogP contribution in [0.2, 0.25) is 0 Å². The number of ether oxygens (including phenoxy) is 1. The van der Waals surface area contributed by atoms with Gasteiger partial charge in [-0.25, -0.2) is 18.0 Å². The molecule has 1 aromatic rings. The lowest BCUT2D eigenvalue weighted by Crippen LogP contribution is -2.46. The summed E-state index contributed by atoms with van der Waals surface area (Å²) < 4.78 is 71.1. The third kappa shape index (κ3) is 3.95. The Hall–Kier alpha value is -2.23. The zero-order chi connectivity index (χ0) is 19.6. The molecule has 1 saturated heterocycles. The van der Waals surface area contributed by atoms with Crippen molar-refractivity contribution in [3.8, 4) is 5.75 Å². The van der Waals surface area contributed by atoms with Crippen LogP contribution < -0.4 is 10.1 Å². The number of carbonyl (C=O) groups is 2. The fraction of sp³-hybridized carbons (Fsp3) is 0.500. The van der Waals surface area contributed by atoms with Crippen LogP contribution in [0.3, 0.4) is 0 Å². The molecule has 0 spiro atoms. The summed E-state index contributed by atoms with van der Waals surface area (Å²) in [7, 11) is 0. The Morgan fingerprint density at radius 2 is 1.62 bits per heavy atom. The zero-order valence-electron chi connectivity index (χ0n) is 14.0. The van der Waals surface area contributed by atoms with E-state index in [9.17, 15) is 31.5 Å². The van der Waals surface area contributed by atoms with E-state index in [1.54, 1.807) is 0 Å². The maximum atomic E-state index is 13.6. The predicted molar refractivity (Wildman–Crippen MR) is 80.1 cm³/mol. The molecule has 0 bridgehead atoms. The van der Waals surface area contributed by atoms with Crippen LogP contribution >= 0.6 is 0 Å². The second-order valence-electron chi connectivity index (χ2n) is 6.10. The van der Waals surface area contributed by atoms with Gasteiger partial charge in [-0.1, -0.05) is 0 Å². The Morgan fingerprint density at radius 1 is 1.08 bits per heavy atom. The molecular formula is C16H17F5N2O3. The van der Waals surface area contributed by atoms with Gasteiger partial charge in [0.15, 0.2) is 5.78 Å². The van der Waals surface area contributed by atoms with E-state index in [1.165, 1.54) is 13.8 Å². The number of nitrogens with zero attached hydrogens (tertiary/aromatic N) is 1. The van der Waals surface area contributed by atoms with Crippen LogP contribution in [-0.4, -0.2) is 41.9 Å². The minimum Gasteiger partial charge on any atom is -0.404 e. The minimum absolute atomic E-state index is 0.342. The zero-order valence-corrected chi connectivity index (χ0v) is 14.0. The molecular weight excluding hydrogens is 363 g/mol. The number of halogens is 5. The number of ketones is 1. The molecule has 0 radical (unpaired) electrons. The van der Waals surface area contributed by atoms with Crippen LogP contribution in [-0.2, 0) is 4.79 Å². The molecule has 26 heavy (non-hydrogen) atoms. The van der Waals surface area contributed by atoms with Crippen LogP contribution in [0.25, 0.3) is 0 Å². The predicted octanol–water partition coefficient (Wildman–Crippen LogP) is 2.91. The molecule has 1 aromatic carbocycles. The van der Waals surface area contributed by atoms with Crippen LogP contribution in [0.1, 0.15) is 26.7 Å². The molecule has 0 unspecified atom stereocenters. The first kappa shape index (κ1) is 20.1. The number of rotatable bonds is 5. The Balaban J connectivity index is 2.22. The third-order valence-electron chi connectivity index (χ3n) is 3.99. The number of nitrogens with one attached hydrogen (secondary N) is 1. The fourth-order valence-corrected chi connectivity index (χ4v) is 2.52. The van der Waals surface area contributed by atoms with Gasteiger partial charge in [0, 0.05) is 6.04 Å². The van der Waals surface area contributed by atoms with Gasteiger partial charge in [0.2, 0.25) is 34.8 Å². The second kappa shape index (κ2) is 7.98. The summed E-state index contributed by atoms with van der Waals surface area (Å²) in [6, 6.07) is -1.08. The van der Waals surface area contributed by atoms with Gasteiger partial charge in [0.1, 0.15) is 0 Å². The highest BCUT2D eigenvalue weighted by Crippen LogP contribution is 2.29. The third-order valence-corrected chi connectivity index (χ3v) is 3.99. The topological polar surface area (TPSA) is 58.6 Å². The van der Waals surface area contributed by atoms with E-state index in [0.29, 0.717) is 13.0 Å². The van der Waals surface area contributed by atoms with Gasteiger partial charge in [0.05, 0.1) is 12.6 Å². The highest BCUT2D eigenvalue weighted by Gasteiger charge is 2.32. The van der Waals surface area contributed by atoms with Crippen LogP contribution in [0.15, 0.2) is 0 Å². The molecule has 1 N–H and O–H groups in total. The molecule has 0 saturated carbocycles. The van der Waals surface area contributed by atoms with Crippen LogP contribution in [0.4, 0.5) is 26.7 Å². The molecule has 0 aromatic heterocycles. The molecule has 10 heteroatoms. The van der Waals surface area contributed by atoms with Gasteiger partial charge in [-0.2, -0.15) is 8.78 Å². The smallest absolute Gasteiger partial charge is 0.404 e. The highest BCUT2D eigenvalue weighted by atomic mass is 19.2. The normalized spacial score (nSPS) is 16.8. The molecule has 1 aliphatic heterocycles. The van der Waals surface area contributed by atoms with E-state index < -0.39 is 59.6 Å². The lowest BCUT2D eigenvalue weighted by molar-refractivity contribution is -0.121. The Labute approximate surface area is 146 Å². The van der Waals surface area contributed by atoms with Crippen molar-refractivity contribution in [3.63, 3.8) is 0 Å². The second-order valence-corrected chi connectivity index (χ2v) is 6.10. The summed E-state index contributed by atoms with van der Waals surface area (Å²) in [5.74, 6) is -13.4. The van der Waals surface area contributed by atoms with Gasteiger partial charge < -0.3 is 10.1 Å². The van der Waals surface area contributed by atoms with Crippen LogP contribution in [0.5, 0.6) is 5.75 Å². The number of hydrogen-bond donors (Lipinski definition) is 1.